The van der Waals surface area contributed by atoms with Gasteiger partial charge in [-0.15, -0.1) is 23.1 Å². The van der Waals surface area contributed by atoms with E-state index in [-0.39, 0.29) is 30.3 Å². The number of hydrogen-bond acceptors (Lipinski definition) is 4. The molecule has 0 aliphatic rings. The van der Waals surface area contributed by atoms with Crippen LogP contribution in [0.5, 0.6) is 0 Å². The third-order valence-corrected chi connectivity index (χ3v) is 5.52. The highest BCUT2D eigenvalue weighted by atomic mass is 35.5. The Morgan fingerprint density at radius 3 is 2.54 bits per heavy atom. The van der Waals surface area contributed by atoms with Gasteiger partial charge in [-0.1, -0.05) is 11.6 Å². The molecule has 0 fully saturated rings. The third-order valence-electron chi connectivity index (χ3n) is 3.15. The summed E-state index contributed by atoms with van der Waals surface area (Å²) in [6, 6.07) is 9.70. The number of ketones is 1. The maximum Gasteiger partial charge on any atom is 0.220 e. The molecule has 0 atom stereocenters. The van der Waals surface area contributed by atoms with Crippen LogP contribution >= 0.6 is 34.7 Å². The van der Waals surface area contributed by atoms with Gasteiger partial charge in [-0.3, -0.25) is 9.59 Å². The monoisotopic (exact) mass is 385 g/mol. The summed E-state index contributed by atoms with van der Waals surface area (Å²) in [5.74, 6) is 0.399. The molecule has 2 rings (SSSR count). The second-order valence-electron chi connectivity index (χ2n) is 5.03. The molecule has 1 N–H and O–H groups in total. The van der Waals surface area contributed by atoms with E-state index >= 15 is 0 Å². The summed E-state index contributed by atoms with van der Waals surface area (Å²) in [6.45, 7) is 0.562. The van der Waals surface area contributed by atoms with Crippen molar-refractivity contribution in [2.24, 2.45) is 0 Å². The molecule has 0 spiro atoms. The van der Waals surface area contributed by atoms with Crippen LogP contribution in [0.2, 0.25) is 4.34 Å². The Balaban J connectivity index is 1.56. The molecule has 2 aromatic rings. The Labute approximate surface area is 153 Å². The normalized spacial score (nSPS) is 10.6. The SMILES string of the molecule is O=C(CCC(=O)c1ccc(Cl)s1)NCCCSc1ccc(F)cc1. The summed E-state index contributed by atoms with van der Waals surface area (Å²) < 4.78 is 13.3. The van der Waals surface area contributed by atoms with Crippen LogP contribution in [0, 0.1) is 5.82 Å². The quantitative estimate of drug-likeness (QED) is 0.383. The largest absolute Gasteiger partial charge is 0.356 e. The van der Waals surface area contributed by atoms with Crippen LogP contribution in [0.15, 0.2) is 41.3 Å². The lowest BCUT2D eigenvalue weighted by Gasteiger charge is -2.05. The zero-order chi connectivity index (χ0) is 17.4. The third kappa shape index (κ3) is 6.63. The summed E-state index contributed by atoms with van der Waals surface area (Å²) in [5.41, 5.74) is 0. The number of thiophene rings is 1. The summed E-state index contributed by atoms with van der Waals surface area (Å²) in [6.07, 6.45) is 1.18. The number of carbonyl (C=O) groups excluding carboxylic acids is 2. The Bertz CT molecular complexity index is 688. The minimum absolute atomic E-state index is 0.0612. The first kappa shape index (κ1) is 19.0. The van der Waals surface area contributed by atoms with Crippen molar-refractivity contribution < 1.29 is 14.0 Å². The van der Waals surface area contributed by atoms with Gasteiger partial charge < -0.3 is 5.32 Å². The van der Waals surface area contributed by atoms with Crippen molar-refractivity contribution in [3.8, 4) is 0 Å². The molecule has 24 heavy (non-hydrogen) atoms. The number of hydrogen-bond donors (Lipinski definition) is 1. The van der Waals surface area contributed by atoms with Gasteiger partial charge in [0, 0.05) is 24.3 Å². The topological polar surface area (TPSA) is 46.2 Å². The first-order valence-corrected chi connectivity index (χ1v) is 9.66. The molecule has 0 unspecified atom stereocenters. The van der Waals surface area contributed by atoms with Crippen molar-refractivity contribution in [3.63, 3.8) is 0 Å². The molecule has 1 aromatic carbocycles. The molecule has 3 nitrogen and oxygen atoms in total. The lowest BCUT2D eigenvalue weighted by molar-refractivity contribution is -0.121. The maximum absolute atomic E-state index is 12.8. The van der Waals surface area contributed by atoms with Crippen molar-refractivity contribution in [3.05, 3.63) is 51.4 Å². The predicted molar refractivity (Wildman–Crippen MR) is 97.6 cm³/mol. The molecule has 0 saturated carbocycles. The molecule has 1 heterocycles. The lowest BCUT2D eigenvalue weighted by Crippen LogP contribution is -2.25. The Kier molecular flexibility index (Phi) is 7.75. The van der Waals surface area contributed by atoms with Gasteiger partial charge in [0.05, 0.1) is 9.21 Å². The standard InChI is InChI=1S/C17H17ClFNO2S2/c18-16-8-7-15(24-16)14(21)6-9-17(22)20-10-1-11-23-13-4-2-12(19)3-5-13/h2-5,7-8H,1,6,9-11H2,(H,20,22). The number of carbonyl (C=O) groups is 2. The summed E-state index contributed by atoms with van der Waals surface area (Å²) in [4.78, 5) is 25.2. The van der Waals surface area contributed by atoms with Crippen molar-refractivity contribution in [2.75, 3.05) is 12.3 Å². The van der Waals surface area contributed by atoms with Crippen LogP contribution < -0.4 is 5.32 Å². The Morgan fingerprint density at radius 2 is 1.88 bits per heavy atom. The number of benzene rings is 1. The first-order valence-electron chi connectivity index (χ1n) is 7.48. The van der Waals surface area contributed by atoms with Gasteiger partial charge in [-0.25, -0.2) is 4.39 Å². The second-order valence-corrected chi connectivity index (χ2v) is 7.92. The molecule has 7 heteroatoms. The zero-order valence-electron chi connectivity index (χ0n) is 12.9. The summed E-state index contributed by atoms with van der Waals surface area (Å²) in [7, 11) is 0. The molecular weight excluding hydrogens is 369 g/mol. The number of amides is 1. The minimum atomic E-state index is -0.244. The van der Waals surface area contributed by atoms with E-state index in [2.05, 4.69) is 5.32 Å². The average Bonchev–Trinajstić information content (AvgIpc) is 3.00. The highest BCUT2D eigenvalue weighted by Crippen LogP contribution is 2.23. The molecule has 0 aliphatic heterocycles. The van der Waals surface area contributed by atoms with Crippen molar-refractivity contribution in [2.45, 2.75) is 24.2 Å². The van der Waals surface area contributed by atoms with Crippen LogP contribution in [0.3, 0.4) is 0 Å². The highest BCUT2D eigenvalue weighted by Gasteiger charge is 2.11. The van der Waals surface area contributed by atoms with E-state index in [0.717, 1.165) is 17.1 Å². The molecular formula is C17H17ClFNO2S2. The van der Waals surface area contributed by atoms with Crippen LogP contribution in [-0.4, -0.2) is 24.0 Å². The van der Waals surface area contributed by atoms with Crippen LogP contribution in [0.4, 0.5) is 4.39 Å². The zero-order valence-corrected chi connectivity index (χ0v) is 15.3. The van der Waals surface area contributed by atoms with E-state index in [0.29, 0.717) is 15.8 Å². The van der Waals surface area contributed by atoms with Gasteiger partial charge in [0.15, 0.2) is 5.78 Å². The highest BCUT2D eigenvalue weighted by molar-refractivity contribution is 7.99. The van der Waals surface area contributed by atoms with Gasteiger partial charge in [0.1, 0.15) is 5.82 Å². The molecule has 0 saturated heterocycles. The summed E-state index contributed by atoms with van der Waals surface area (Å²) in [5, 5.41) is 2.80. The number of rotatable bonds is 9. The van der Waals surface area contributed by atoms with Crippen molar-refractivity contribution >= 4 is 46.4 Å². The fraction of sp³-hybridized carbons (Fsp3) is 0.294. The maximum atomic E-state index is 12.8. The first-order chi connectivity index (χ1) is 11.5. The number of Topliss-reactive ketones (excluding diaryl/α,β-unsaturated/α-hetero) is 1. The fourth-order valence-electron chi connectivity index (χ4n) is 1.92. The predicted octanol–water partition coefficient (Wildman–Crippen LogP) is 4.80. The van der Waals surface area contributed by atoms with Gasteiger partial charge in [0.25, 0.3) is 0 Å². The lowest BCUT2D eigenvalue weighted by atomic mass is 10.2. The number of nitrogens with one attached hydrogen (secondary N) is 1. The van der Waals surface area contributed by atoms with Crippen LogP contribution in [-0.2, 0) is 4.79 Å². The molecule has 0 bridgehead atoms. The Hall–Kier alpha value is -1.37. The van der Waals surface area contributed by atoms with Gasteiger partial charge >= 0.3 is 0 Å². The fourth-order valence-corrected chi connectivity index (χ4v) is 3.79. The number of halogens is 2. The van der Waals surface area contributed by atoms with Crippen LogP contribution in [0.1, 0.15) is 28.9 Å². The minimum Gasteiger partial charge on any atom is -0.356 e. The van der Waals surface area contributed by atoms with E-state index in [1.54, 1.807) is 36.0 Å². The van der Waals surface area contributed by atoms with E-state index < -0.39 is 0 Å². The van der Waals surface area contributed by atoms with E-state index in [1.165, 1.54) is 23.5 Å². The van der Waals surface area contributed by atoms with E-state index in [1.807, 2.05) is 0 Å². The van der Waals surface area contributed by atoms with Gasteiger partial charge in [-0.05, 0) is 48.6 Å². The van der Waals surface area contributed by atoms with Crippen molar-refractivity contribution in [1.29, 1.82) is 0 Å². The molecule has 1 aromatic heterocycles. The van der Waals surface area contributed by atoms with E-state index in [4.69, 9.17) is 11.6 Å². The van der Waals surface area contributed by atoms with Gasteiger partial charge in [0.2, 0.25) is 5.91 Å². The van der Waals surface area contributed by atoms with Crippen molar-refractivity contribution in [1.82, 2.24) is 5.32 Å². The molecule has 128 valence electrons. The van der Waals surface area contributed by atoms with Crippen LogP contribution in [0.25, 0.3) is 0 Å². The second kappa shape index (κ2) is 9.81. The molecule has 0 aliphatic carbocycles. The molecule has 0 radical (unpaired) electrons. The molecule has 1 amide bonds. The van der Waals surface area contributed by atoms with E-state index in [9.17, 15) is 14.0 Å². The van der Waals surface area contributed by atoms with Gasteiger partial charge in [-0.2, -0.15) is 0 Å². The average molecular weight is 386 g/mol. The smallest absolute Gasteiger partial charge is 0.220 e. The number of thioether (sulfide) groups is 1. The summed E-state index contributed by atoms with van der Waals surface area (Å²) >= 11 is 8.63. The Morgan fingerprint density at radius 1 is 1.12 bits per heavy atom.